The highest BCUT2D eigenvalue weighted by Crippen LogP contribution is 2.37. The van der Waals surface area contributed by atoms with E-state index in [1.807, 2.05) is 24.3 Å². The minimum atomic E-state index is -0.612. The lowest BCUT2D eigenvalue weighted by Crippen LogP contribution is -2.33. The minimum Gasteiger partial charge on any atom is -0.497 e. The number of nitrogen functional groups attached to an aromatic ring is 1. The summed E-state index contributed by atoms with van der Waals surface area (Å²) in [5.74, 6) is -0.0418. The molecule has 0 aliphatic carbocycles. The zero-order valence-electron chi connectivity index (χ0n) is 15.4. The first-order valence-electron chi connectivity index (χ1n) is 8.65. The summed E-state index contributed by atoms with van der Waals surface area (Å²) in [6, 6.07) is 11.1. The summed E-state index contributed by atoms with van der Waals surface area (Å²) in [6.45, 7) is -0.235. The maximum atomic E-state index is 12.4. The van der Waals surface area contributed by atoms with Crippen molar-refractivity contribution in [2.45, 2.75) is 0 Å². The monoisotopic (exact) mass is 407 g/mol. The van der Waals surface area contributed by atoms with E-state index >= 15 is 0 Å². The Morgan fingerprint density at radius 2 is 1.97 bits per heavy atom. The van der Waals surface area contributed by atoms with E-state index in [4.69, 9.17) is 16.2 Å². The van der Waals surface area contributed by atoms with Gasteiger partial charge >= 0.3 is 0 Å². The highest BCUT2D eigenvalue weighted by molar-refractivity contribution is 7.26. The predicted molar refractivity (Wildman–Crippen MR) is 113 cm³/mol. The van der Waals surface area contributed by atoms with Crippen LogP contribution in [-0.4, -0.2) is 35.4 Å². The summed E-state index contributed by atoms with van der Waals surface area (Å²) in [5.41, 5.74) is 14.0. The first kappa shape index (κ1) is 18.6. The Hall–Kier alpha value is -3.72. The number of anilines is 1. The lowest BCUT2D eigenvalue weighted by molar-refractivity contribution is -0.117. The highest BCUT2D eigenvalue weighted by atomic mass is 32.1. The van der Waals surface area contributed by atoms with Crippen LogP contribution in [0, 0.1) is 0 Å². The number of hydrogen-bond donors (Lipinski definition) is 3. The van der Waals surface area contributed by atoms with Crippen molar-refractivity contribution in [3.8, 4) is 16.9 Å². The molecule has 4 rings (SSSR count). The summed E-state index contributed by atoms with van der Waals surface area (Å²) >= 11 is 1.52. The zero-order valence-corrected chi connectivity index (χ0v) is 16.2. The second kappa shape index (κ2) is 7.36. The van der Waals surface area contributed by atoms with Gasteiger partial charge < -0.3 is 21.5 Å². The SMILES string of the molecule is COc1cc(C(=O)NCC(N)=O)cc(-c2ccc3c(c2)sc2c(N)ncnc23)c1. The number of nitrogens with one attached hydrogen (secondary N) is 1. The van der Waals surface area contributed by atoms with Crippen molar-refractivity contribution in [1.29, 1.82) is 0 Å². The summed E-state index contributed by atoms with van der Waals surface area (Å²) in [7, 11) is 1.53. The molecule has 0 bridgehead atoms. The zero-order chi connectivity index (χ0) is 20.5. The van der Waals surface area contributed by atoms with Crippen LogP contribution < -0.4 is 21.5 Å². The van der Waals surface area contributed by atoms with E-state index in [9.17, 15) is 9.59 Å². The van der Waals surface area contributed by atoms with E-state index in [1.54, 1.807) is 12.1 Å². The Morgan fingerprint density at radius 1 is 1.14 bits per heavy atom. The second-order valence-electron chi connectivity index (χ2n) is 6.35. The number of hydrogen-bond acceptors (Lipinski definition) is 7. The van der Waals surface area contributed by atoms with E-state index < -0.39 is 11.8 Å². The van der Waals surface area contributed by atoms with Crippen LogP contribution in [0.5, 0.6) is 5.75 Å². The first-order chi connectivity index (χ1) is 14.0. The average molecular weight is 407 g/mol. The molecule has 5 N–H and O–H groups in total. The molecule has 2 amide bonds. The van der Waals surface area contributed by atoms with Gasteiger partial charge in [-0.25, -0.2) is 9.97 Å². The normalized spacial score (nSPS) is 10.9. The van der Waals surface area contributed by atoms with Crippen molar-refractivity contribution in [3.63, 3.8) is 0 Å². The molecule has 2 aromatic carbocycles. The molecule has 146 valence electrons. The lowest BCUT2D eigenvalue weighted by Gasteiger charge is -2.10. The molecule has 0 aliphatic rings. The van der Waals surface area contributed by atoms with Crippen LogP contribution in [0.4, 0.5) is 5.82 Å². The van der Waals surface area contributed by atoms with Crippen molar-refractivity contribution >= 4 is 49.3 Å². The van der Waals surface area contributed by atoms with Crippen molar-refractivity contribution in [1.82, 2.24) is 15.3 Å². The third kappa shape index (κ3) is 3.55. The number of benzene rings is 2. The average Bonchev–Trinajstić information content (AvgIpc) is 3.11. The van der Waals surface area contributed by atoms with Gasteiger partial charge in [-0.15, -0.1) is 11.3 Å². The molecule has 8 nitrogen and oxygen atoms in total. The number of nitrogens with zero attached hydrogens (tertiary/aromatic N) is 2. The lowest BCUT2D eigenvalue weighted by atomic mass is 10.0. The van der Waals surface area contributed by atoms with Crippen molar-refractivity contribution in [2.75, 3.05) is 19.4 Å². The fourth-order valence-corrected chi connectivity index (χ4v) is 4.15. The molecule has 0 saturated heterocycles. The summed E-state index contributed by atoms with van der Waals surface area (Å²) < 4.78 is 7.19. The molecule has 29 heavy (non-hydrogen) atoms. The van der Waals surface area contributed by atoms with E-state index in [1.165, 1.54) is 24.8 Å². The van der Waals surface area contributed by atoms with E-state index in [-0.39, 0.29) is 6.54 Å². The molecule has 0 fully saturated rings. The fraction of sp³-hybridized carbons (Fsp3) is 0.100. The fourth-order valence-electron chi connectivity index (χ4n) is 3.06. The predicted octanol–water partition coefficient (Wildman–Crippen LogP) is 2.32. The molecule has 0 atom stereocenters. The van der Waals surface area contributed by atoms with Crippen LogP contribution in [0.2, 0.25) is 0 Å². The molecular formula is C20H17N5O3S. The number of thiophene rings is 1. The number of aromatic nitrogens is 2. The Morgan fingerprint density at radius 3 is 2.72 bits per heavy atom. The molecular weight excluding hydrogens is 390 g/mol. The Balaban J connectivity index is 1.79. The van der Waals surface area contributed by atoms with E-state index in [0.717, 1.165) is 31.4 Å². The van der Waals surface area contributed by atoms with Gasteiger partial charge in [-0.05, 0) is 35.4 Å². The number of fused-ring (bicyclic) bond motifs is 3. The van der Waals surface area contributed by atoms with E-state index in [2.05, 4.69) is 15.3 Å². The molecule has 2 aromatic heterocycles. The van der Waals surface area contributed by atoms with Gasteiger partial charge in [0.05, 0.1) is 23.9 Å². The van der Waals surface area contributed by atoms with Crippen molar-refractivity contribution in [2.24, 2.45) is 5.73 Å². The number of primary amides is 1. The number of nitrogens with two attached hydrogens (primary N) is 2. The number of rotatable bonds is 5. The molecule has 0 radical (unpaired) electrons. The van der Waals surface area contributed by atoms with Gasteiger partial charge in [-0.1, -0.05) is 12.1 Å². The van der Waals surface area contributed by atoms with Gasteiger partial charge in [0, 0.05) is 15.6 Å². The molecule has 2 heterocycles. The summed E-state index contributed by atoms with van der Waals surface area (Å²) in [6.07, 6.45) is 1.46. The maximum absolute atomic E-state index is 12.4. The molecule has 0 unspecified atom stereocenters. The van der Waals surface area contributed by atoms with Gasteiger partial charge in [0.25, 0.3) is 5.91 Å². The summed E-state index contributed by atoms with van der Waals surface area (Å²) in [4.78, 5) is 31.7. The molecule has 4 aromatic rings. The molecule has 0 saturated carbocycles. The second-order valence-corrected chi connectivity index (χ2v) is 7.40. The van der Waals surface area contributed by atoms with Crippen LogP contribution in [-0.2, 0) is 4.79 Å². The Bertz CT molecular complexity index is 1270. The van der Waals surface area contributed by atoms with Gasteiger partial charge in [0.2, 0.25) is 5.91 Å². The smallest absolute Gasteiger partial charge is 0.251 e. The van der Waals surface area contributed by atoms with Crippen molar-refractivity contribution < 1.29 is 14.3 Å². The van der Waals surface area contributed by atoms with Crippen LogP contribution in [0.15, 0.2) is 42.7 Å². The van der Waals surface area contributed by atoms with Crippen LogP contribution >= 0.6 is 11.3 Å². The number of methoxy groups -OCH3 is 1. The topological polar surface area (TPSA) is 133 Å². The first-order valence-corrected chi connectivity index (χ1v) is 9.46. The quantitative estimate of drug-likeness (QED) is 0.465. The number of carbonyl (C=O) groups excluding carboxylic acids is 2. The van der Waals surface area contributed by atoms with Gasteiger partial charge in [0.1, 0.15) is 17.9 Å². The van der Waals surface area contributed by atoms with Gasteiger partial charge in [0.15, 0.2) is 0 Å². The van der Waals surface area contributed by atoms with Crippen LogP contribution in [0.25, 0.3) is 31.4 Å². The third-order valence-corrected chi connectivity index (χ3v) is 5.61. The van der Waals surface area contributed by atoms with Crippen LogP contribution in [0.1, 0.15) is 10.4 Å². The Labute approximate surface area is 169 Å². The number of amides is 2. The maximum Gasteiger partial charge on any atom is 0.251 e. The third-order valence-electron chi connectivity index (χ3n) is 4.44. The van der Waals surface area contributed by atoms with Gasteiger partial charge in [-0.2, -0.15) is 0 Å². The standard InChI is InChI=1S/C20H17N5O3S/c1-28-13-5-11(4-12(6-13)20(27)23-8-16(21)26)10-2-3-14-15(7-10)29-18-17(14)24-9-25-19(18)22/h2-7,9H,8H2,1H3,(H2,21,26)(H,23,27)(H2,22,24,25). The molecule has 0 aliphatic heterocycles. The Kier molecular flexibility index (Phi) is 4.73. The number of carbonyl (C=O) groups is 2. The minimum absolute atomic E-state index is 0.235. The molecule has 9 heteroatoms. The van der Waals surface area contributed by atoms with Crippen molar-refractivity contribution in [3.05, 3.63) is 48.3 Å². The molecule has 0 spiro atoms. The van der Waals surface area contributed by atoms with E-state index in [0.29, 0.717) is 17.1 Å². The van der Waals surface area contributed by atoms with Crippen LogP contribution in [0.3, 0.4) is 0 Å². The largest absolute Gasteiger partial charge is 0.497 e. The van der Waals surface area contributed by atoms with Gasteiger partial charge in [-0.3, -0.25) is 9.59 Å². The summed E-state index contributed by atoms with van der Waals surface area (Å²) in [5, 5.41) is 3.48. The highest BCUT2D eigenvalue weighted by Gasteiger charge is 2.14. The number of ether oxygens (including phenoxy) is 1.